The summed E-state index contributed by atoms with van der Waals surface area (Å²) in [6.07, 6.45) is 0. The van der Waals surface area contributed by atoms with Crippen LogP contribution in [-0.4, -0.2) is 39.4 Å². The molecular formula is C7H12N2O2S. The molecule has 0 aromatic rings. The third kappa shape index (κ3) is 1.72. The van der Waals surface area contributed by atoms with Gasteiger partial charge in [-0.1, -0.05) is 16.9 Å². The second-order valence-electron chi connectivity index (χ2n) is 2.85. The van der Waals surface area contributed by atoms with Gasteiger partial charge in [0.25, 0.3) is 5.91 Å². The van der Waals surface area contributed by atoms with Crippen LogP contribution in [0, 0.1) is 0 Å². The molecular weight excluding hydrogens is 176 g/mol. The number of thioether (sulfide) groups is 1. The van der Waals surface area contributed by atoms with E-state index in [0.717, 1.165) is 12.3 Å². The molecule has 4 nitrogen and oxygen atoms in total. The topological polar surface area (TPSA) is 52.9 Å². The van der Waals surface area contributed by atoms with Crippen LogP contribution in [-0.2, 0) is 4.79 Å². The lowest BCUT2D eigenvalue weighted by atomic mass is 10.3. The second kappa shape index (κ2) is 3.80. The van der Waals surface area contributed by atoms with Gasteiger partial charge in [0.05, 0.1) is 0 Å². The van der Waals surface area contributed by atoms with Crippen molar-refractivity contribution < 1.29 is 10.0 Å². The van der Waals surface area contributed by atoms with E-state index in [-0.39, 0.29) is 17.0 Å². The maximum atomic E-state index is 11.4. The van der Waals surface area contributed by atoms with Gasteiger partial charge in [-0.3, -0.25) is 4.79 Å². The van der Waals surface area contributed by atoms with Crippen LogP contribution in [0.2, 0.25) is 0 Å². The fraction of sp³-hybridized carbons (Fsp3) is 0.714. The summed E-state index contributed by atoms with van der Waals surface area (Å²) in [5.41, 5.74) is 0. The van der Waals surface area contributed by atoms with E-state index < -0.39 is 0 Å². The normalized spacial score (nSPS) is 22.4. The molecule has 5 heteroatoms. The molecule has 0 bridgehead atoms. The van der Waals surface area contributed by atoms with Crippen LogP contribution in [0.3, 0.4) is 0 Å². The van der Waals surface area contributed by atoms with Crippen molar-refractivity contribution in [1.29, 1.82) is 0 Å². The van der Waals surface area contributed by atoms with E-state index in [1.165, 1.54) is 11.8 Å². The summed E-state index contributed by atoms with van der Waals surface area (Å²) in [7, 11) is 0. The van der Waals surface area contributed by atoms with Gasteiger partial charge in [0.15, 0.2) is 0 Å². The Morgan fingerprint density at radius 2 is 2.33 bits per heavy atom. The molecule has 12 heavy (non-hydrogen) atoms. The van der Waals surface area contributed by atoms with Crippen molar-refractivity contribution in [1.82, 2.24) is 4.90 Å². The quantitative estimate of drug-likeness (QED) is 0.488. The summed E-state index contributed by atoms with van der Waals surface area (Å²) < 4.78 is 0. The lowest BCUT2D eigenvalue weighted by molar-refractivity contribution is -0.125. The number of oxime groups is 1. The van der Waals surface area contributed by atoms with Crippen LogP contribution >= 0.6 is 11.8 Å². The van der Waals surface area contributed by atoms with Crippen LogP contribution in [0.1, 0.15) is 13.8 Å². The smallest absolute Gasteiger partial charge is 0.282 e. The summed E-state index contributed by atoms with van der Waals surface area (Å²) in [5.74, 6) is 0.646. The van der Waals surface area contributed by atoms with E-state index in [1.54, 1.807) is 4.90 Å². The zero-order chi connectivity index (χ0) is 9.14. The average Bonchev–Trinajstić information content (AvgIpc) is 2.04. The fourth-order valence-corrected chi connectivity index (χ4v) is 1.87. The second-order valence-corrected chi connectivity index (χ2v) is 3.93. The van der Waals surface area contributed by atoms with Gasteiger partial charge in [0, 0.05) is 18.3 Å². The number of amides is 1. The molecule has 1 amide bonds. The van der Waals surface area contributed by atoms with Crippen LogP contribution in [0.5, 0.6) is 0 Å². The van der Waals surface area contributed by atoms with Gasteiger partial charge in [-0.15, -0.1) is 0 Å². The number of rotatable bonds is 1. The number of carbonyl (C=O) groups is 1. The summed E-state index contributed by atoms with van der Waals surface area (Å²) in [6.45, 7) is 4.63. The molecule has 1 aliphatic rings. The molecule has 1 fully saturated rings. The van der Waals surface area contributed by atoms with Crippen LogP contribution in [0.15, 0.2) is 5.16 Å². The van der Waals surface area contributed by atoms with Crippen molar-refractivity contribution in [3.8, 4) is 0 Å². The molecule has 1 aliphatic heterocycles. The summed E-state index contributed by atoms with van der Waals surface area (Å²) in [4.78, 5) is 13.1. The zero-order valence-electron chi connectivity index (χ0n) is 7.15. The Morgan fingerprint density at radius 3 is 2.83 bits per heavy atom. The lowest BCUT2D eigenvalue weighted by Crippen LogP contribution is -2.45. The average molecular weight is 188 g/mol. The Labute approximate surface area is 75.6 Å². The van der Waals surface area contributed by atoms with Gasteiger partial charge < -0.3 is 10.1 Å². The van der Waals surface area contributed by atoms with Gasteiger partial charge >= 0.3 is 0 Å². The highest BCUT2D eigenvalue weighted by atomic mass is 32.2. The van der Waals surface area contributed by atoms with Crippen LogP contribution in [0.4, 0.5) is 0 Å². The number of hydrogen-bond acceptors (Lipinski definition) is 4. The van der Waals surface area contributed by atoms with E-state index in [4.69, 9.17) is 5.21 Å². The van der Waals surface area contributed by atoms with E-state index in [2.05, 4.69) is 5.16 Å². The highest BCUT2D eigenvalue weighted by Crippen LogP contribution is 2.16. The van der Waals surface area contributed by atoms with E-state index in [9.17, 15) is 4.79 Å². The first-order valence-electron chi connectivity index (χ1n) is 3.82. The lowest BCUT2D eigenvalue weighted by Gasteiger charge is -2.29. The largest absolute Gasteiger partial charge is 0.410 e. The third-order valence-corrected chi connectivity index (χ3v) is 2.65. The minimum Gasteiger partial charge on any atom is -0.410 e. The van der Waals surface area contributed by atoms with Crippen molar-refractivity contribution in [2.24, 2.45) is 5.16 Å². The van der Waals surface area contributed by atoms with E-state index in [0.29, 0.717) is 0 Å². The Kier molecular flexibility index (Phi) is 2.97. The molecule has 0 atom stereocenters. The molecule has 1 rings (SSSR count). The monoisotopic (exact) mass is 188 g/mol. The first-order chi connectivity index (χ1) is 5.66. The minimum absolute atomic E-state index is 0.163. The van der Waals surface area contributed by atoms with Crippen LogP contribution in [0.25, 0.3) is 0 Å². The predicted molar refractivity (Wildman–Crippen MR) is 48.5 cm³/mol. The fourth-order valence-electron chi connectivity index (χ4n) is 1.09. The third-order valence-electron chi connectivity index (χ3n) is 1.73. The Balaban J connectivity index is 2.73. The van der Waals surface area contributed by atoms with Gasteiger partial charge in [-0.2, -0.15) is 0 Å². The standard InChI is InChI=1S/C7H12N2O2S/c1-5(2)9-3-4-12-6(8-11)7(9)10/h5,11H,3-4H2,1-2H3. The Hall–Kier alpha value is -0.710. The highest BCUT2D eigenvalue weighted by Gasteiger charge is 2.27. The molecule has 0 aliphatic carbocycles. The van der Waals surface area contributed by atoms with Gasteiger partial charge in [-0.05, 0) is 13.8 Å². The molecule has 0 saturated carbocycles. The van der Waals surface area contributed by atoms with Crippen LogP contribution < -0.4 is 0 Å². The molecule has 0 spiro atoms. The molecule has 0 radical (unpaired) electrons. The van der Waals surface area contributed by atoms with Gasteiger partial charge in [0.1, 0.15) is 0 Å². The summed E-state index contributed by atoms with van der Waals surface area (Å²) >= 11 is 1.30. The number of carbonyl (C=O) groups excluding carboxylic acids is 1. The Morgan fingerprint density at radius 1 is 1.67 bits per heavy atom. The molecule has 0 aromatic carbocycles. The van der Waals surface area contributed by atoms with Crippen molar-refractivity contribution in [2.45, 2.75) is 19.9 Å². The van der Waals surface area contributed by atoms with Crippen molar-refractivity contribution in [2.75, 3.05) is 12.3 Å². The molecule has 1 N–H and O–H groups in total. The maximum Gasteiger partial charge on any atom is 0.282 e. The molecule has 1 heterocycles. The first-order valence-corrected chi connectivity index (χ1v) is 4.81. The minimum atomic E-state index is -0.163. The van der Waals surface area contributed by atoms with E-state index >= 15 is 0 Å². The molecule has 0 unspecified atom stereocenters. The predicted octanol–water partition coefficient (Wildman–Crippen LogP) is 0.758. The molecule has 0 aromatic heterocycles. The first kappa shape index (κ1) is 9.38. The zero-order valence-corrected chi connectivity index (χ0v) is 7.97. The van der Waals surface area contributed by atoms with Gasteiger partial charge in [0.2, 0.25) is 5.04 Å². The number of hydrogen-bond donors (Lipinski definition) is 1. The molecule has 68 valence electrons. The highest BCUT2D eigenvalue weighted by molar-refractivity contribution is 8.15. The number of nitrogens with zero attached hydrogens (tertiary/aromatic N) is 2. The maximum absolute atomic E-state index is 11.4. The van der Waals surface area contributed by atoms with Gasteiger partial charge in [-0.25, -0.2) is 0 Å². The van der Waals surface area contributed by atoms with Crippen molar-refractivity contribution in [3.63, 3.8) is 0 Å². The summed E-state index contributed by atoms with van der Waals surface area (Å²) in [6, 6.07) is 0.176. The SMILES string of the molecule is CC(C)N1CCSC(=NO)C1=O. The van der Waals surface area contributed by atoms with Crippen molar-refractivity contribution in [3.05, 3.63) is 0 Å². The Bertz CT molecular complexity index is 215. The van der Waals surface area contributed by atoms with Crippen molar-refractivity contribution >= 4 is 22.7 Å². The van der Waals surface area contributed by atoms with E-state index in [1.807, 2.05) is 13.8 Å². The summed E-state index contributed by atoms with van der Waals surface area (Å²) in [5, 5.41) is 11.6. The molecule has 1 saturated heterocycles.